The molecule has 0 saturated carbocycles. The minimum absolute atomic E-state index is 0.159. The summed E-state index contributed by atoms with van der Waals surface area (Å²) in [6.07, 6.45) is 3.49. The van der Waals surface area contributed by atoms with Gasteiger partial charge < -0.3 is 5.32 Å². The van der Waals surface area contributed by atoms with Crippen LogP contribution in [0.3, 0.4) is 0 Å². The summed E-state index contributed by atoms with van der Waals surface area (Å²) in [5.41, 5.74) is 2.02. The lowest BCUT2D eigenvalue weighted by atomic mass is 10.2. The van der Waals surface area contributed by atoms with E-state index in [0.717, 1.165) is 11.3 Å². The molecule has 3 rings (SSSR count). The Morgan fingerprint density at radius 1 is 1.22 bits per heavy atom. The molecule has 0 radical (unpaired) electrons. The van der Waals surface area contributed by atoms with Gasteiger partial charge in [0.15, 0.2) is 5.82 Å². The summed E-state index contributed by atoms with van der Waals surface area (Å²) >= 11 is 5.87. The molecule has 1 aromatic carbocycles. The molecule has 6 nitrogen and oxygen atoms in total. The van der Waals surface area contributed by atoms with Crippen molar-refractivity contribution < 1.29 is 4.79 Å². The Labute approximate surface area is 138 Å². The zero-order valence-electron chi connectivity index (χ0n) is 12.6. The van der Waals surface area contributed by atoms with Crippen molar-refractivity contribution in [3.8, 4) is 0 Å². The molecule has 1 amide bonds. The first-order valence-corrected chi connectivity index (χ1v) is 7.54. The fourth-order valence-corrected chi connectivity index (χ4v) is 2.30. The van der Waals surface area contributed by atoms with Gasteiger partial charge in [0.25, 0.3) is 0 Å². The number of carbonyl (C=O) groups excluding carboxylic acids is 1. The second-order valence-corrected chi connectivity index (χ2v) is 5.64. The SMILES string of the molecule is Cc1ccnn1CC(=O)Nc1ccn(Cc2ccc(Cl)cc2)n1. The fraction of sp³-hybridized carbons (Fsp3) is 0.188. The van der Waals surface area contributed by atoms with Gasteiger partial charge in [0.05, 0.1) is 6.54 Å². The molecule has 23 heavy (non-hydrogen) atoms. The fourth-order valence-electron chi connectivity index (χ4n) is 2.18. The number of halogens is 1. The van der Waals surface area contributed by atoms with Gasteiger partial charge in [-0.2, -0.15) is 10.2 Å². The van der Waals surface area contributed by atoms with E-state index in [1.54, 1.807) is 21.6 Å². The van der Waals surface area contributed by atoms with Gasteiger partial charge in [-0.1, -0.05) is 23.7 Å². The average Bonchev–Trinajstić information content (AvgIpc) is 3.11. The molecule has 118 valence electrons. The number of nitrogens with zero attached hydrogens (tertiary/aromatic N) is 4. The third-order valence-corrected chi connectivity index (χ3v) is 3.64. The van der Waals surface area contributed by atoms with E-state index in [2.05, 4.69) is 15.5 Å². The maximum absolute atomic E-state index is 12.0. The van der Waals surface area contributed by atoms with E-state index < -0.39 is 0 Å². The standard InChI is InChI=1S/C16H16ClN5O/c1-12-6-8-18-22(12)11-16(23)19-15-7-9-21(20-15)10-13-2-4-14(17)5-3-13/h2-9H,10-11H2,1H3,(H,19,20,23). The highest BCUT2D eigenvalue weighted by molar-refractivity contribution is 6.30. The van der Waals surface area contributed by atoms with Crippen LogP contribution in [0.2, 0.25) is 5.02 Å². The molecule has 2 aromatic heterocycles. The van der Waals surface area contributed by atoms with Gasteiger partial charge in [0.2, 0.25) is 5.91 Å². The third kappa shape index (κ3) is 3.98. The number of hydrogen-bond donors (Lipinski definition) is 1. The maximum Gasteiger partial charge on any atom is 0.247 e. The van der Waals surface area contributed by atoms with E-state index in [1.807, 2.05) is 43.5 Å². The highest BCUT2D eigenvalue weighted by Crippen LogP contribution is 2.11. The molecule has 0 atom stereocenters. The number of amides is 1. The van der Waals surface area contributed by atoms with Crippen LogP contribution in [-0.2, 0) is 17.9 Å². The number of carbonyl (C=O) groups is 1. The van der Waals surface area contributed by atoms with Gasteiger partial charge in [-0.05, 0) is 30.7 Å². The van der Waals surface area contributed by atoms with Crippen LogP contribution in [0.5, 0.6) is 0 Å². The summed E-state index contributed by atoms with van der Waals surface area (Å²) < 4.78 is 3.40. The zero-order valence-corrected chi connectivity index (χ0v) is 13.4. The molecule has 7 heteroatoms. The molecule has 0 saturated heterocycles. The minimum atomic E-state index is -0.159. The van der Waals surface area contributed by atoms with Crippen LogP contribution in [0.15, 0.2) is 48.8 Å². The van der Waals surface area contributed by atoms with E-state index >= 15 is 0 Å². The predicted octanol–water partition coefficient (Wildman–Crippen LogP) is 2.73. The summed E-state index contributed by atoms with van der Waals surface area (Å²) in [5.74, 6) is 0.363. The van der Waals surface area contributed by atoms with Gasteiger partial charge in [0, 0.05) is 29.2 Å². The number of hydrogen-bond acceptors (Lipinski definition) is 3. The lowest BCUT2D eigenvalue weighted by Crippen LogP contribution is -2.20. The van der Waals surface area contributed by atoms with Gasteiger partial charge in [-0.3, -0.25) is 14.2 Å². The smallest absolute Gasteiger partial charge is 0.247 e. The van der Waals surface area contributed by atoms with E-state index in [9.17, 15) is 4.79 Å². The molecule has 0 aliphatic carbocycles. The molecule has 0 spiro atoms. The third-order valence-electron chi connectivity index (χ3n) is 3.39. The van der Waals surface area contributed by atoms with Gasteiger partial charge >= 0.3 is 0 Å². The molecule has 0 fully saturated rings. The molecule has 3 aromatic rings. The van der Waals surface area contributed by atoms with Crippen LogP contribution in [0.1, 0.15) is 11.3 Å². The quantitative estimate of drug-likeness (QED) is 0.782. The van der Waals surface area contributed by atoms with Crippen LogP contribution < -0.4 is 5.32 Å². The largest absolute Gasteiger partial charge is 0.308 e. The van der Waals surface area contributed by atoms with Gasteiger partial charge in [-0.15, -0.1) is 0 Å². The van der Waals surface area contributed by atoms with Crippen molar-refractivity contribution in [1.29, 1.82) is 0 Å². The summed E-state index contributed by atoms with van der Waals surface area (Å²) in [4.78, 5) is 12.0. The summed E-state index contributed by atoms with van der Waals surface area (Å²) in [7, 11) is 0. The van der Waals surface area contributed by atoms with Crippen LogP contribution in [-0.4, -0.2) is 25.5 Å². The Morgan fingerprint density at radius 2 is 2.00 bits per heavy atom. The minimum Gasteiger partial charge on any atom is -0.308 e. The summed E-state index contributed by atoms with van der Waals surface area (Å²) in [6.45, 7) is 2.69. The van der Waals surface area contributed by atoms with E-state index in [4.69, 9.17) is 11.6 Å². The normalized spacial score (nSPS) is 10.7. The second-order valence-electron chi connectivity index (χ2n) is 5.20. The number of aryl methyl sites for hydroxylation is 1. The molecule has 0 unspecified atom stereocenters. The Morgan fingerprint density at radius 3 is 2.70 bits per heavy atom. The molecule has 0 aliphatic rings. The monoisotopic (exact) mass is 329 g/mol. The van der Waals surface area contributed by atoms with Crippen molar-refractivity contribution >= 4 is 23.3 Å². The Balaban J connectivity index is 1.59. The lowest BCUT2D eigenvalue weighted by Gasteiger charge is -2.05. The number of anilines is 1. The highest BCUT2D eigenvalue weighted by atomic mass is 35.5. The summed E-state index contributed by atoms with van der Waals surface area (Å²) in [5, 5.41) is 11.9. The summed E-state index contributed by atoms with van der Waals surface area (Å²) in [6, 6.07) is 11.2. The van der Waals surface area contributed by atoms with Crippen LogP contribution in [0.25, 0.3) is 0 Å². The van der Waals surface area contributed by atoms with Crippen molar-refractivity contribution in [3.05, 3.63) is 65.1 Å². The molecule has 0 aliphatic heterocycles. The predicted molar refractivity (Wildman–Crippen MR) is 88.4 cm³/mol. The lowest BCUT2D eigenvalue weighted by molar-refractivity contribution is -0.117. The number of rotatable bonds is 5. The van der Waals surface area contributed by atoms with Crippen molar-refractivity contribution in [1.82, 2.24) is 19.6 Å². The van der Waals surface area contributed by atoms with Gasteiger partial charge in [-0.25, -0.2) is 0 Å². The number of benzene rings is 1. The average molecular weight is 330 g/mol. The van der Waals surface area contributed by atoms with E-state index in [-0.39, 0.29) is 12.5 Å². The van der Waals surface area contributed by atoms with E-state index in [0.29, 0.717) is 17.4 Å². The first kappa shape index (κ1) is 15.3. The molecule has 1 N–H and O–H groups in total. The topological polar surface area (TPSA) is 64.7 Å². The zero-order chi connectivity index (χ0) is 16.2. The first-order chi connectivity index (χ1) is 11.1. The van der Waals surface area contributed by atoms with Crippen molar-refractivity contribution in [2.24, 2.45) is 0 Å². The number of nitrogens with one attached hydrogen (secondary N) is 1. The van der Waals surface area contributed by atoms with Crippen molar-refractivity contribution in [3.63, 3.8) is 0 Å². The van der Waals surface area contributed by atoms with Gasteiger partial charge in [0.1, 0.15) is 6.54 Å². The van der Waals surface area contributed by atoms with E-state index in [1.165, 1.54) is 0 Å². The molecule has 0 bridgehead atoms. The first-order valence-electron chi connectivity index (χ1n) is 7.16. The molecular formula is C16H16ClN5O. The molecular weight excluding hydrogens is 314 g/mol. The van der Waals surface area contributed by atoms with Crippen LogP contribution >= 0.6 is 11.6 Å². The Kier molecular flexibility index (Phi) is 4.43. The second kappa shape index (κ2) is 6.66. The van der Waals surface area contributed by atoms with Crippen LogP contribution in [0.4, 0.5) is 5.82 Å². The number of aromatic nitrogens is 4. The Hall–Kier alpha value is -2.60. The van der Waals surface area contributed by atoms with Crippen molar-refractivity contribution in [2.75, 3.05) is 5.32 Å². The highest BCUT2D eigenvalue weighted by Gasteiger charge is 2.08. The van der Waals surface area contributed by atoms with Crippen molar-refractivity contribution in [2.45, 2.75) is 20.0 Å². The molecule has 2 heterocycles. The Bertz CT molecular complexity index is 806. The maximum atomic E-state index is 12.0. The van der Waals surface area contributed by atoms with Crippen LogP contribution in [0, 0.1) is 6.92 Å².